The summed E-state index contributed by atoms with van der Waals surface area (Å²) in [7, 11) is 0. The molecule has 0 atom stereocenters. The fourth-order valence-corrected chi connectivity index (χ4v) is 2.59. The number of carboxylic acids is 1. The Morgan fingerprint density at radius 2 is 1.90 bits per heavy atom. The van der Waals surface area contributed by atoms with Gasteiger partial charge in [-0.3, -0.25) is 4.79 Å². The molecule has 4 nitrogen and oxygen atoms in total. The molecule has 0 spiro atoms. The lowest BCUT2D eigenvalue weighted by atomic mass is 10.1. The van der Waals surface area contributed by atoms with Gasteiger partial charge in [0, 0.05) is 10.0 Å². The summed E-state index contributed by atoms with van der Waals surface area (Å²) in [5.74, 6) is -1.56. The third-order valence-electron chi connectivity index (χ3n) is 2.92. The molecule has 2 aromatic rings. The number of para-hydroxylation sites is 1. The molecule has 0 bridgehead atoms. The molecule has 0 aliphatic rings. The molecule has 1 amide bonds. The van der Waals surface area contributed by atoms with Gasteiger partial charge in [0.15, 0.2) is 0 Å². The predicted octanol–water partition coefficient (Wildman–Crippen LogP) is 4.36. The van der Waals surface area contributed by atoms with Crippen molar-refractivity contribution < 1.29 is 14.7 Å². The molecule has 0 radical (unpaired) electrons. The molecule has 0 saturated carbocycles. The molecule has 0 aromatic heterocycles. The normalized spacial score (nSPS) is 10.2. The maximum absolute atomic E-state index is 12.3. The fraction of sp³-hybridized carbons (Fsp3) is 0.0667. The number of amides is 1. The zero-order valence-electron chi connectivity index (χ0n) is 11.0. The summed E-state index contributed by atoms with van der Waals surface area (Å²) in [6.07, 6.45) is 0. The molecule has 0 aliphatic heterocycles. The van der Waals surface area contributed by atoms with E-state index in [1.165, 1.54) is 18.2 Å². The molecule has 2 N–H and O–H groups in total. The van der Waals surface area contributed by atoms with Gasteiger partial charge in [0.25, 0.3) is 5.91 Å². The van der Waals surface area contributed by atoms with Crippen LogP contribution >= 0.6 is 27.5 Å². The number of rotatable bonds is 3. The average Bonchev–Trinajstić information content (AvgIpc) is 2.40. The molecular formula is C15H11BrClNO3. The highest BCUT2D eigenvalue weighted by molar-refractivity contribution is 9.10. The highest BCUT2D eigenvalue weighted by Crippen LogP contribution is 2.27. The van der Waals surface area contributed by atoms with Gasteiger partial charge in [-0.1, -0.05) is 33.6 Å². The predicted molar refractivity (Wildman–Crippen MR) is 85.2 cm³/mol. The molecule has 0 fully saturated rings. The van der Waals surface area contributed by atoms with E-state index >= 15 is 0 Å². The van der Waals surface area contributed by atoms with Crippen molar-refractivity contribution in [3.8, 4) is 0 Å². The van der Waals surface area contributed by atoms with E-state index in [1.54, 1.807) is 25.1 Å². The minimum Gasteiger partial charge on any atom is -0.478 e. The summed E-state index contributed by atoms with van der Waals surface area (Å²) in [5, 5.41) is 11.9. The Bertz CT molecular complexity index is 731. The summed E-state index contributed by atoms with van der Waals surface area (Å²) < 4.78 is 0.862. The number of hydrogen-bond acceptors (Lipinski definition) is 2. The minimum atomic E-state index is -1.15. The smallest absolute Gasteiger partial charge is 0.337 e. The van der Waals surface area contributed by atoms with Gasteiger partial charge in [-0.25, -0.2) is 4.79 Å². The largest absolute Gasteiger partial charge is 0.478 e. The van der Waals surface area contributed by atoms with E-state index in [9.17, 15) is 9.59 Å². The zero-order chi connectivity index (χ0) is 15.6. The number of aromatic carboxylic acids is 1. The molecule has 0 heterocycles. The molecule has 2 rings (SSSR count). The van der Waals surface area contributed by atoms with Crippen LogP contribution in [-0.4, -0.2) is 17.0 Å². The van der Waals surface area contributed by atoms with Crippen LogP contribution < -0.4 is 5.32 Å². The highest BCUT2D eigenvalue weighted by Gasteiger charge is 2.17. The first-order valence-electron chi connectivity index (χ1n) is 5.99. The lowest BCUT2D eigenvalue weighted by Gasteiger charge is -2.12. The Morgan fingerprint density at radius 1 is 1.19 bits per heavy atom. The van der Waals surface area contributed by atoms with Crippen LogP contribution in [0, 0.1) is 6.92 Å². The second kappa shape index (κ2) is 6.28. The van der Waals surface area contributed by atoms with E-state index in [-0.39, 0.29) is 16.3 Å². The van der Waals surface area contributed by atoms with E-state index in [0.717, 1.165) is 10.0 Å². The lowest BCUT2D eigenvalue weighted by Crippen LogP contribution is -2.16. The summed E-state index contributed by atoms with van der Waals surface area (Å²) in [4.78, 5) is 23.5. The zero-order valence-corrected chi connectivity index (χ0v) is 13.3. The topological polar surface area (TPSA) is 66.4 Å². The maximum Gasteiger partial charge on any atom is 0.337 e. The van der Waals surface area contributed by atoms with Crippen molar-refractivity contribution in [2.24, 2.45) is 0 Å². The van der Waals surface area contributed by atoms with E-state index in [2.05, 4.69) is 21.2 Å². The Kier molecular flexibility index (Phi) is 4.65. The minimum absolute atomic E-state index is 0.0504. The summed E-state index contributed by atoms with van der Waals surface area (Å²) >= 11 is 9.31. The monoisotopic (exact) mass is 367 g/mol. The molecular weight excluding hydrogens is 358 g/mol. The molecule has 0 saturated heterocycles. The van der Waals surface area contributed by atoms with Gasteiger partial charge < -0.3 is 10.4 Å². The molecule has 21 heavy (non-hydrogen) atoms. The lowest BCUT2D eigenvalue weighted by molar-refractivity contribution is 0.0698. The van der Waals surface area contributed by atoms with Crippen LogP contribution in [0.4, 0.5) is 5.69 Å². The number of benzene rings is 2. The van der Waals surface area contributed by atoms with Gasteiger partial charge in [0.2, 0.25) is 0 Å². The first-order valence-corrected chi connectivity index (χ1v) is 7.16. The first-order chi connectivity index (χ1) is 9.90. The van der Waals surface area contributed by atoms with Crippen LogP contribution in [0.2, 0.25) is 5.02 Å². The number of anilines is 1. The highest BCUT2D eigenvalue weighted by atomic mass is 79.9. The van der Waals surface area contributed by atoms with Crippen LogP contribution in [0.5, 0.6) is 0 Å². The Morgan fingerprint density at radius 3 is 2.52 bits per heavy atom. The van der Waals surface area contributed by atoms with Crippen LogP contribution in [0.1, 0.15) is 26.3 Å². The number of hydrogen-bond donors (Lipinski definition) is 2. The molecule has 0 aliphatic carbocycles. The first kappa shape index (κ1) is 15.5. The SMILES string of the molecule is Cc1cc(Br)ccc1C(=O)Nc1c(Cl)cccc1C(=O)O. The van der Waals surface area contributed by atoms with Crippen LogP contribution in [0.3, 0.4) is 0 Å². The van der Waals surface area contributed by atoms with E-state index in [4.69, 9.17) is 16.7 Å². The Balaban J connectivity index is 2.38. The fourth-order valence-electron chi connectivity index (χ4n) is 1.89. The van der Waals surface area contributed by atoms with Crippen LogP contribution in [0.25, 0.3) is 0 Å². The number of carbonyl (C=O) groups excluding carboxylic acids is 1. The number of carboxylic acid groups (broad SMARTS) is 1. The Hall–Kier alpha value is -1.85. The second-order valence-electron chi connectivity index (χ2n) is 4.38. The van der Waals surface area contributed by atoms with Crippen LogP contribution in [-0.2, 0) is 0 Å². The Labute approximate surface area is 134 Å². The molecule has 2 aromatic carbocycles. The van der Waals surface area contributed by atoms with Crippen molar-refractivity contribution in [1.82, 2.24) is 0 Å². The van der Waals surface area contributed by atoms with Gasteiger partial charge in [-0.2, -0.15) is 0 Å². The number of carbonyl (C=O) groups is 2. The summed E-state index contributed by atoms with van der Waals surface area (Å²) in [6, 6.07) is 9.64. The van der Waals surface area contributed by atoms with Crippen molar-refractivity contribution in [3.05, 3.63) is 62.6 Å². The molecule has 6 heteroatoms. The van der Waals surface area contributed by atoms with Gasteiger partial charge in [-0.15, -0.1) is 0 Å². The van der Waals surface area contributed by atoms with E-state index < -0.39 is 11.9 Å². The molecule has 108 valence electrons. The van der Waals surface area contributed by atoms with Gasteiger partial charge >= 0.3 is 5.97 Å². The average molecular weight is 369 g/mol. The quantitative estimate of drug-likeness (QED) is 0.846. The number of halogens is 2. The van der Waals surface area contributed by atoms with Crippen molar-refractivity contribution >= 4 is 45.1 Å². The second-order valence-corrected chi connectivity index (χ2v) is 5.70. The molecule has 0 unspecified atom stereocenters. The van der Waals surface area contributed by atoms with Gasteiger partial charge in [0.05, 0.1) is 16.3 Å². The van der Waals surface area contributed by atoms with E-state index in [0.29, 0.717) is 5.56 Å². The van der Waals surface area contributed by atoms with Gasteiger partial charge in [0.1, 0.15) is 0 Å². The number of nitrogens with one attached hydrogen (secondary N) is 1. The standard InChI is InChI=1S/C15H11BrClNO3/c1-8-7-9(16)5-6-10(8)14(19)18-13-11(15(20)21)3-2-4-12(13)17/h2-7H,1H3,(H,18,19)(H,20,21). The van der Waals surface area contributed by atoms with E-state index in [1.807, 2.05) is 0 Å². The van der Waals surface area contributed by atoms with Crippen molar-refractivity contribution in [2.45, 2.75) is 6.92 Å². The van der Waals surface area contributed by atoms with Gasteiger partial charge in [-0.05, 0) is 42.8 Å². The van der Waals surface area contributed by atoms with Crippen LogP contribution in [0.15, 0.2) is 40.9 Å². The third-order valence-corrected chi connectivity index (χ3v) is 3.72. The summed E-state index contributed by atoms with van der Waals surface area (Å²) in [6.45, 7) is 1.80. The van der Waals surface area contributed by atoms with Crippen molar-refractivity contribution in [2.75, 3.05) is 5.32 Å². The van der Waals surface area contributed by atoms with Crippen molar-refractivity contribution in [3.63, 3.8) is 0 Å². The number of aryl methyl sites for hydroxylation is 1. The third kappa shape index (κ3) is 3.43. The maximum atomic E-state index is 12.3. The van der Waals surface area contributed by atoms with Crippen molar-refractivity contribution in [1.29, 1.82) is 0 Å². The summed E-state index contributed by atoms with van der Waals surface area (Å²) in [5.41, 5.74) is 1.27.